The van der Waals surface area contributed by atoms with Gasteiger partial charge in [-0.1, -0.05) is 38.0 Å². The third-order valence-corrected chi connectivity index (χ3v) is 4.33. The van der Waals surface area contributed by atoms with Crippen LogP contribution >= 0.6 is 0 Å². The van der Waals surface area contributed by atoms with Crippen LogP contribution in [0.1, 0.15) is 58.1 Å². The van der Waals surface area contributed by atoms with E-state index in [4.69, 9.17) is 4.74 Å². The second-order valence-electron chi connectivity index (χ2n) is 6.09. The van der Waals surface area contributed by atoms with Gasteiger partial charge in [0.2, 0.25) is 0 Å². The number of benzene rings is 1. The molecule has 1 aliphatic rings. The molecule has 19 heavy (non-hydrogen) atoms. The lowest BCUT2D eigenvalue weighted by atomic mass is 9.88. The molecule has 0 saturated heterocycles. The third kappa shape index (κ3) is 3.73. The summed E-state index contributed by atoms with van der Waals surface area (Å²) in [4.78, 5) is 0. The quantitative estimate of drug-likeness (QED) is 0.823. The van der Waals surface area contributed by atoms with Crippen LogP contribution in [0.15, 0.2) is 24.3 Å². The highest BCUT2D eigenvalue weighted by Gasteiger charge is 2.28. The summed E-state index contributed by atoms with van der Waals surface area (Å²) in [6.45, 7) is 8.51. The monoisotopic (exact) mass is 261 g/mol. The topological polar surface area (TPSA) is 21.3 Å². The van der Waals surface area contributed by atoms with Crippen molar-refractivity contribution in [1.29, 1.82) is 0 Å². The van der Waals surface area contributed by atoms with Crippen LogP contribution in [0.25, 0.3) is 0 Å². The highest BCUT2D eigenvalue weighted by molar-refractivity contribution is 5.35. The Balaban J connectivity index is 1.97. The first-order valence-electron chi connectivity index (χ1n) is 7.60. The van der Waals surface area contributed by atoms with Crippen molar-refractivity contribution in [2.75, 3.05) is 13.2 Å². The van der Waals surface area contributed by atoms with Gasteiger partial charge in [-0.05, 0) is 38.2 Å². The minimum atomic E-state index is 0.347. The van der Waals surface area contributed by atoms with Gasteiger partial charge in [0, 0.05) is 18.2 Å². The number of nitrogens with one attached hydrogen (secondary N) is 1. The highest BCUT2D eigenvalue weighted by Crippen LogP contribution is 2.37. The van der Waals surface area contributed by atoms with Gasteiger partial charge in [-0.15, -0.1) is 0 Å². The Morgan fingerprint density at radius 1 is 1.26 bits per heavy atom. The van der Waals surface area contributed by atoms with Crippen LogP contribution in [0.3, 0.4) is 0 Å². The molecule has 1 saturated carbocycles. The van der Waals surface area contributed by atoms with E-state index in [1.54, 1.807) is 0 Å². The zero-order valence-corrected chi connectivity index (χ0v) is 12.5. The zero-order valence-electron chi connectivity index (χ0n) is 12.5. The number of rotatable bonds is 6. The van der Waals surface area contributed by atoms with Gasteiger partial charge in [0.1, 0.15) is 5.75 Å². The molecule has 1 aromatic rings. The van der Waals surface area contributed by atoms with E-state index < -0.39 is 0 Å². The van der Waals surface area contributed by atoms with Gasteiger partial charge in [-0.2, -0.15) is 0 Å². The summed E-state index contributed by atoms with van der Waals surface area (Å²) in [5, 5.41) is 3.70. The van der Waals surface area contributed by atoms with Gasteiger partial charge in [0.05, 0.1) is 6.61 Å². The van der Waals surface area contributed by atoms with Crippen LogP contribution in [0, 0.1) is 5.41 Å². The van der Waals surface area contributed by atoms with E-state index in [-0.39, 0.29) is 0 Å². The first kappa shape index (κ1) is 14.4. The Morgan fingerprint density at radius 3 is 2.63 bits per heavy atom. The average Bonchev–Trinajstić information content (AvgIpc) is 2.85. The van der Waals surface area contributed by atoms with Gasteiger partial charge in [-0.3, -0.25) is 0 Å². The Morgan fingerprint density at radius 2 is 1.95 bits per heavy atom. The molecule has 0 bridgehead atoms. The summed E-state index contributed by atoms with van der Waals surface area (Å²) >= 11 is 0. The zero-order chi connectivity index (χ0) is 13.7. The number of ether oxygens (including phenoxy) is 1. The molecular weight excluding hydrogens is 234 g/mol. The number of hydrogen-bond donors (Lipinski definition) is 1. The SMILES string of the molecule is CCOc1ccccc1C(C)NCC1(C)CCCC1. The number of hydrogen-bond acceptors (Lipinski definition) is 2. The second-order valence-corrected chi connectivity index (χ2v) is 6.09. The van der Waals surface area contributed by atoms with E-state index >= 15 is 0 Å². The molecule has 1 aromatic carbocycles. The van der Waals surface area contributed by atoms with Crippen molar-refractivity contribution >= 4 is 0 Å². The Labute approximate surface area is 117 Å². The van der Waals surface area contributed by atoms with Crippen molar-refractivity contribution in [1.82, 2.24) is 5.32 Å². The van der Waals surface area contributed by atoms with Crippen LogP contribution in [0.5, 0.6) is 5.75 Å². The van der Waals surface area contributed by atoms with E-state index in [2.05, 4.69) is 37.4 Å². The molecule has 106 valence electrons. The summed E-state index contributed by atoms with van der Waals surface area (Å²) in [5.41, 5.74) is 1.76. The fourth-order valence-corrected chi connectivity index (χ4v) is 3.04. The minimum absolute atomic E-state index is 0.347. The molecular formula is C17H27NO. The Kier molecular flexibility index (Phi) is 4.87. The standard InChI is InChI=1S/C17H27NO/c1-4-19-16-10-6-5-9-15(16)14(2)18-13-17(3)11-7-8-12-17/h5-6,9-10,14,18H,4,7-8,11-13H2,1-3H3. The first-order chi connectivity index (χ1) is 9.14. The molecule has 0 amide bonds. The van der Waals surface area contributed by atoms with Crippen molar-refractivity contribution in [2.24, 2.45) is 5.41 Å². The van der Waals surface area contributed by atoms with Crippen molar-refractivity contribution in [3.05, 3.63) is 29.8 Å². The van der Waals surface area contributed by atoms with Crippen LogP contribution < -0.4 is 10.1 Å². The maximum atomic E-state index is 5.72. The highest BCUT2D eigenvalue weighted by atomic mass is 16.5. The molecule has 2 rings (SSSR count). The Hall–Kier alpha value is -1.02. The molecule has 1 fully saturated rings. The third-order valence-electron chi connectivity index (χ3n) is 4.33. The lowest BCUT2D eigenvalue weighted by Gasteiger charge is -2.27. The molecule has 1 aliphatic carbocycles. The van der Waals surface area contributed by atoms with Gasteiger partial charge in [-0.25, -0.2) is 0 Å². The van der Waals surface area contributed by atoms with Crippen LogP contribution in [-0.2, 0) is 0 Å². The summed E-state index contributed by atoms with van der Waals surface area (Å²) in [7, 11) is 0. The average molecular weight is 261 g/mol. The minimum Gasteiger partial charge on any atom is -0.494 e. The first-order valence-corrected chi connectivity index (χ1v) is 7.60. The van der Waals surface area contributed by atoms with Crippen molar-refractivity contribution in [3.63, 3.8) is 0 Å². The largest absolute Gasteiger partial charge is 0.494 e. The molecule has 1 N–H and O–H groups in total. The molecule has 1 atom stereocenters. The molecule has 2 nitrogen and oxygen atoms in total. The molecule has 2 heteroatoms. The molecule has 0 radical (unpaired) electrons. The normalized spacial score (nSPS) is 19.3. The Bertz CT molecular complexity index is 396. The van der Waals surface area contributed by atoms with E-state index in [1.165, 1.54) is 31.2 Å². The molecule has 0 heterocycles. The summed E-state index contributed by atoms with van der Waals surface area (Å²) in [6.07, 6.45) is 5.50. The summed E-state index contributed by atoms with van der Waals surface area (Å²) in [5.74, 6) is 1.02. The summed E-state index contributed by atoms with van der Waals surface area (Å²) < 4.78 is 5.72. The van der Waals surface area contributed by atoms with E-state index in [9.17, 15) is 0 Å². The molecule has 0 spiro atoms. The lowest BCUT2D eigenvalue weighted by molar-refractivity contribution is 0.295. The van der Waals surface area contributed by atoms with E-state index in [0.717, 1.165) is 18.9 Å². The molecule has 0 aliphatic heterocycles. The van der Waals surface area contributed by atoms with Crippen molar-refractivity contribution in [2.45, 2.75) is 52.5 Å². The molecule has 1 unspecified atom stereocenters. The fraction of sp³-hybridized carbons (Fsp3) is 0.647. The summed E-state index contributed by atoms with van der Waals surface area (Å²) in [6, 6.07) is 8.71. The molecule has 0 aromatic heterocycles. The van der Waals surface area contributed by atoms with Crippen LogP contribution in [0.4, 0.5) is 0 Å². The van der Waals surface area contributed by atoms with E-state index in [0.29, 0.717) is 11.5 Å². The van der Waals surface area contributed by atoms with Gasteiger partial charge >= 0.3 is 0 Å². The fourth-order valence-electron chi connectivity index (χ4n) is 3.04. The van der Waals surface area contributed by atoms with Gasteiger partial charge in [0.25, 0.3) is 0 Å². The predicted octanol–water partition coefficient (Wildman–Crippen LogP) is 4.32. The smallest absolute Gasteiger partial charge is 0.124 e. The maximum Gasteiger partial charge on any atom is 0.124 e. The maximum absolute atomic E-state index is 5.72. The van der Waals surface area contributed by atoms with Crippen LogP contribution in [-0.4, -0.2) is 13.2 Å². The van der Waals surface area contributed by atoms with Crippen molar-refractivity contribution < 1.29 is 4.74 Å². The van der Waals surface area contributed by atoms with Gasteiger partial charge < -0.3 is 10.1 Å². The second kappa shape index (κ2) is 6.42. The number of para-hydroxylation sites is 1. The predicted molar refractivity (Wildman–Crippen MR) is 80.6 cm³/mol. The van der Waals surface area contributed by atoms with Crippen LogP contribution in [0.2, 0.25) is 0 Å². The lowest BCUT2D eigenvalue weighted by Crippen LogP contribution is -2.31. The van der Waals surface area contributed by atoms with Crippen molar-refractivity contribution in [3.8, 4) is 5.75 Å². The van der Waals surface area contributed by atoms with Gasteiger partial charge in [0.15, 0.2) is 0 Å². The van der Waals surface area contributed by atoms with E-state index in [1.807, 2.05) is 13.0 Å².